The molecule has 0 unspecified atom stereocenters. The molecular formula is C22H18N4. The van der Waals surface area contributed by atoms with Crippen LogP contribution in [0.4, 0.5) is 0 Å². The van der Waals surface area contributed by atoms with Crippen molar-refractivity contribution in [1.82, 2.24) is 14.6 Å². The second-order valence-electron chi connectivity index (χ2n) is 6.39. The largest absolute Gasteiger partial charge is 0.234 e. The Hall–Kier alpha value is -3.45. The number of aromatic nitrogens is 3. The van der Waals surface area contributed by atoms with E-state index in [2.05, 4.69) is 47.3 Å². The number of benzene rings is 2. The van der Waals surface area contributed by atoms with Crippen LogP contribution in [0.25, 0.3) is 16.8 Å². The van der Waals surface area contributed by atoms with E-state index in [1.165, 1.54) is 11.1 Å². The molecule has 0 saturated heterocycles. The molecule has 126 valence electrons. The van der Waals surface area contributed by atoms with Crippen molar-refractivity contribution < 1.29 is 0 Å². The molecule has 0 aliphatic carbocycles. The fraction of sp³-hybridized carbons (Fsp3) is 0.136. The molecule has 0 spiro atoms. The summed E-state index contributed by atoms with van der Waals surface area (Å²) in [6, 6.07) is 20.3. The molecule has 0 atom stereocenters. The Morgan fingerprint density at radius 2 is 1.77 bits per heavy atom. The average molecular weight is 338 g/mol. The monoisotopic (exact) mass is 338 g/mol. The molecule has 0 N–H and O–H groups in total. The summed E-state index contributed by atoms with van der Waals surface area (Å²) < 4.78 is 1.89. The van der Waals surface area contributed by atoms with Crippen molar-refractivity contribution in [2.75, 3.05) is 0 Å². The molecule has 0 amide bonds. The molecule has 4 rings (SSSR count). The lowest BCUT2D eigenvalue weighted by Crippen LogP contribution is -2.06. The molecule has 2 aromatic heterocycles. The summed E-state index contributed by atoms with van der Waals surface area (Å²) in [5.74, 6) is 0. The third-order valence-corrected chi connectivity index (χ3v) is 4.79. The minimum Gasteiger partial charge on any atom is -0.234 e. The van der Waals surface area contributed by atoms with Crippen LogP contribution in [0.1, 0.15) is 28.1 Å². The van der Waals surface area contributed by atoms with E-state index in [1.54, 1.807) is 6.20 Å². The summed E-state index contributed by atoms with van der Waals surface area (Å²) in [7, 11) is 0. The quantitative estimate of drug-likeness (QED) is 0.553. The number of nitrogens with zero attached hydrogens (tertiary/aromatic N) is 4. The number of rotatable bonds is 3. The van der Waals surface area contributed by atoms with Crippen LogP contribution in [0.2, 0.25) is 0 Å². The molecule has 2 aromatic carbocycles. The SMILES string of the molecule is Cc1nc2ccnn2c(C)c1Cc1ccc(-c2ccccc2C#N)cc1. The predicted octanol–water partition coefficient (Wildman–Crippen LogP) is 4.48. The minimum absolute atomic E-state index is 0.695. The van der Waals surface area contributed by atoms with Gasteiger partial charge in [0.1, 0.15) is 0 Å². The van der Waals surface area contributed by atoms with Gasteiger partial charge in [-0.1, -0.05) is 42.5 Å². The van der Waals surface area contributed by atoms with Crippen molar-refractivity contribution in [2.45, 2.75) is 20.3 Å². The van der Waals surface area contributed by atoms with Crippen LogP contribution in [0, 0.1) is 25.2 Å². The van der Waals surface area contributed by atoms with Crippen LogP contribution in [0.5, 0.6) is 0 Å². The first-order chi connectivity index (χ1) is 12.7. The molecule has 0 saturated carbocycles. The first-order valence-electron chi connectivity index (χ1n) is 8.55. The smallest absolute Gasteiger partial charge is 0.155 e. The Bertz CT molecular complexity index is 1130. The van der Waals surface area contributed by atoms with Gasteiger partial charge in [-0.15, -0.1) is 0 Å². The lowest BCUT2D eigenvalue weighted by Gasteiger charge is -2.12. The van der Waals surface area contributed by atoms with Gasteiger partial charge in [0, 0.05) is 23.9 Å². The van der Waals surface area contributed by atoms with Crippen LogP contribution in [0.3, 0.4) is 0 Å². The molecule has 0 bridgehead atoms. The van der Waals surface area contributed by atoms with Crippen LogP contribution in [-0.4, -0.2) is 14.6 Å². The van der Waals surface area contributed by atoms with E-state index in [-0.39, 0.29) is 0 Å². The van der Waals surface area contributed by atoms with E-state index in [0.717, 1.165) is 34.6 Å². The highest BCUT2D eigenvalue weighted by atomic mass is 15.2. The second-order valence-corrected chi connectivity index (χ2v) is 6.39. The number of nitriles is 1. The number of hydrogen-bond acceptors (Lipinski definition) is 3. The van der Waals surface area contributed by atoms with Gasteiger partial charge in [0.05, 0.1) is 17.8 Å². The lowest BCUT2D eigenvalue weighted by atomic mass is 9.97. The Morgan fingerprint density at radius 3 is 2.54 bits per heavy atom. The van der Waals surface area contributed by atoms with Gasteiger partial charge in [0.2, 0.25) is 0 Å². The molecule has 4 nitrogen and oxygen atoms in total. The zero-order chi connectivity index (χ0) is 18.1. The van der Waals surface area contributed by atoms with Gasteiger partial charge in [-0.05, 0) is 42.2 Å². The summed E-state index contributed by atoms with van der Waals surface area (Å²) in [6.07, 6.45) is 2.58. The summed E-state index contributed by atoms with van der Waals surface area (Å²) in [5, 5.41) is 13.7. The van der Waals surface area contributed by atoms with E-state index in [4.69, 9.17) is 0 Å². The number of fused-ring (bicyclic) bond motifs is 1. The van der Waals surface area contributed by atoms with Crippen molar-refractivity contribution in [3.8, 4) is 17.2 Å². The maximum absolute atomic E-state index is 9.29. The standard InChI is InChI=1S/C22H18N4/c1-15-21(16(2)26-22(25-15)11-12-24-26)13-17-7-9-18(10-8-17)20-6-4-3-5-19(20)14-23/h3-12H,13H2,1-2H3. The highest BCUT2D eigenvalue weighted by molar-refractivity contribution is 5.70. The third kappa shape index (κ3) is 2.74. The van der Waals surface area contributed by atoms with Crippen LogP contribution in [-0.2, 0) is 6.42 Å². The van der Waals surface area contributed by atoms with E-state index in [1.807, 2.05) is 41.8 Å². The minimum atomic E-state index is 0.695. The molecule has 0 radical (unpaired) electrons. The van der Waals surface area contributed by atoms with Crippen molar-refractivity contribution >= 4 is 5.65 Å². The van der Waals surface area contributed by atoms with E-state index in [9.17, 15) is 5.26 Å². The highest BCUT2D eigenvalue weighted by Gasteiger charge is 2.11. The number of aryl methyl sites for hydroxylation is 2. The molecule has 0 fully saturated rings. The normalized spacial score (nSPS) is 10.8. The van der Waals surface area contributed by atoms with Crippen molar-refractivity contribution in [1.29, 1.82) is 5.26 Å². The molecular weight excluding hydrogens is 320 g/mol. The van der Waals surface area contributed by atoms with E-state index >= 15 is 0 Å². The Morgan fingerprint density at radius 1 is 1.00 bits per heavy atom. The highest BCUT2D eigenvalue weighted by Crippen LogP contribution is 2.25. The fourth-order valence-corrected chi connectivity index (χ4v) is 3.36. The molecule has 0 aliphatic heterocycles. The van der Waals surface area contributed by atoms with Crippen LogP contribution < -0.4 is 0 Å². The maximum Gasteiger partial charge on any atom is 0.155 e. The van der Waals surface area contributed by atoms with Crippen molar-refractivity contribution in [2.24, 2.45) is 0 Å². The van der Waals surface area contributed by atoms with Gasteiger partial charge in [-0.25, -0.2) is 9.50 Å². The molecule has 26 heavy (non-hydrogen) atoms. The Kier molecular flexibility index (Phi) is 3.98. The van der Waals surface area contributed by atoms with Gasteiger partial charge in [0.25, 0.3) is 0 Å². The average Bonchev–Trinajstić information content (AvgIpc) is 3.14. The van der Waals surface area contributed by atoms with Gasteiger partial charge in [-0.2, -0.15) is 10.4 Å². The van der Waals surface area contributed by atoms with Crippen molar-refractivity contribution in [3.63, 3.8) is 0 Å². The van der Waals surface area contributed by atoms with Gasteiger partial charge in [0.15, 0.2) is 5.65 Å². The first-order valence-corrected chi connectivity index (χ1v) is 8.55. The van der Waals surface area contributed by atoms with Gasteiger partial charge < -0.3 is 0 Å². The zero-order valence-electron chi connectivity index (χ0n) is 14.8. The Labute approximate surface area is 152 Å². The van der Waals surface area contributed by atoms with E-state index < -0.39 is 0 Å². The fourth-order valence-electron chi connectivity index (χ4n) is 3.36. The predicted molar refractivity (Wildman–Crippen MR) is 102 cm³/mol. The van der Waals surface area contributed by atoms with E-state index in [0.29, 0.717) is 5.56 Å². The first kappa shape index (κ1) is 16.0. The maximum atomic E-state index is 9.29. The summed E-state index contributed by atoms with van der Waals surface area (Å²) in [6.45, 7) is 4.13. The third-order valence-electron chi connectivity index (χ3n) is 4.79. The summed E-state index contributed by atoms with van der Waals surface area (Å²) >= 11 is 0. The van der Waals surface area contributed by atoms with Crippen molar-refractivity contribution in [3.05, 3.63) is 88.9 Å². The lowest BCUT2D eigenvalue weighted by molar-refractivity contribution is 0.856. The molecule has 0 aliphatic rings. The van der Waals surface area contributed by atoms with Gasteiger partial charge >= 0.3 is 0 Å². The van der Waals surface area contributed by atoms with Gasteiger partial charge in [-0.3, -0.25) is 0 Å². The second kappa shape index (κ2) is 6.45. The summed E-state index contributed by atoms with van der Waals surface area (Å²) in [5.41, 5.74) is 8.17. The Balaban J connectivity index is 1.68. The molecule has 4 aromatic rings. The number of hydrogen-bond donors (Lipinski definition) is 0. The topological polar surface area (TPSA) is 54.0 Å². The molecule has 2 heterocycles. The zero-order valence-corrected chi connectivity index (χ0v) is 14.8. The van der Waals surface area contributed by atoms with Crippen LogP contribution in [0.15, 0.2) is 60.8 Å². The molecule has 4 heteroatoms. The summed E-state index contributed by atoms with van der Waals surface area (Å²) in [4.78, 5) is 4.64. The van der Waals surface area contributed by atoms with Crippen LogP contribution >= 0.6 is 0 Å².